The van der Waals surface area contributed by atoms with Crippen LogP contribution in [0.25, 0.3) is 0 Å². The molecule has 18 heavy (non-hydrogen) atoms. The van der Waals surface area contributed by atoms with Gasteiger partial charge in [-0.2, -0.15) is 0 Å². The molecule has 0 bridgehead atoms. The number of aromatic nitrogens is 1. The summed E-state index contributed by atoms with van der Waals surface area (Å²) in [5.41, 5.74) is 6.13. The lowest BCUT2D eigenvalue weighted by Gasteiger charge is -2.22. The van der Waals surface area contributed by atoms with Crippen LogP contribution in [-0.2, 0) is 4.74 Å². The molecule has 0 aliphatic carbocycles. The van der Waals surface area contributed by atoms with E-state index in [2.05, 4.69) is 10.1 Å². The van der Waals surface area contributed by atoms with Crippen molar-refractivity contribution in [3.8, 4) is 5.75 Å². The maximum Gasteiger partial charge on any atom is 0.173 e. The van der Waals surface area contributed by atoms with Crippen LogP contribution in [0.2, 0.25) is 0 Å². The van der Waals surface area contributed by atoms with Crippen molar-refractivity contribution in [2.75, 3.05) is 19.8 Å². The molecular weight excluding hydrogens is 234 g/mol. The molecule has 1 saturated heterocycles. The van der Waals surface area contributed by atoms with Gasteiger partial charge in [-0.15, -0.1) is 0 Å². The number of nitrogens with two attached hydrogens (primary N) is 1. The van der Waals surface area contributed by atoms with Crippen LogP contribution in [0.5, 0.6) is 5.75 Å². The molecule has 0 aromatic carbocycles. The average Bonchev–Trinajstić information content (AvgIpc) is 2.45. The zero-order valence-corrected chi connectivity index (χ0v) is 10.1. The Morgan fingerprint density at radius 1 is 1.56 bits per heavy atom. The van der Waals surface area contributed by atoms with Crippen LogP contribution in [0.4, 0.5) is 0 Å². The summed E-state index contributed by atoms with van der Waals surface area (Å²) in [6.45, 7) is 2.17. The van der Waals surface area contributed by atoms with Crippen LogP contribution in [0.1, 0.15) is 18.4 Å². The Morgan fingerprint density at radius 2 is 2.33 bits per heavy atom. The minimum atomic E-state index is 0.0272. The lowest BCUT2D eigenvalue weighted by molar-refractivity contribution is 0.0497. The van der Waals surface area contributed by atoms with Gasteiger partial charge in [0.1, 0.15) is 5.75 Å². The quantitative estimate of drug-likeness (QED) is 0.360. The normalized spacial score (nSPS) is 17.7. The topological polar surface area (TPSA) is 90.0 Å². The molecule has 1 aromatic rings. The van der Waals surface area contributed by atoms with Crippen molar-refractivity contribution in [2.24, 2.45) is 16.8 Å². The number of hydrogen-bond donors (Lipinski definition) is 2. The highest BCUT2D eigenvalue weighted by Gasteiger charge is 2.16. The molecule has 0 radical (unpaired) electrons. The molecule has 2 rings (SSSR count). The van der Waals surface area contributed by atoms with E-state index in [1.165, 1.54) is 0 Å². The summed E-state index contributed by atoms with van der Waals surface area (Å²) in [4.78, 5) is 3.98. The van der Waals surface area contributed by atoms with Gasteiger partial charge >= 0.3 is 0 Å². The number of amidine groups is 1. The van der Waals surface area contributed by atoms with E-state index >= 15 is 0 Å². The Kier molecular flexibility index (Phi) is 4.35. The van der Waals surface area contributed by atoms with E-state index in [-0.39, 0.29) is 5.84 Å². The molecule has 0 spiro atoms. The van der Waals surface area contributed by atoms with Gasteiger partial charge in [0.15, 0.2) is 5.84 Å². The maximum atomic E-state index is 8.70. The summed E-state index contributed by atoms with van der Waals surface area (Å²) >= 11 is 0. The molecule has 0 saturated carbocycles. The second-order valence-corrected chi connectivity index (χ2v) is 4.22. The van der Waals surface area contributed by atoms with E-state index in [1.807, 2.05) is 0 Å². The molecule has 0 atom stereocenters. The highest BCUT2D eigenvalue weighted by atomic mass is 16.5. The van der Waals surface area contributed by atoms with E-state index in [1.54, 1.807) is 18.5 Å². The Balaban J connectivity index is 2.00. The van der Waals surface area contributed by atoms with Crippen LogP contribution < -0.4 is 10.5 Å². The lowest BCUT2D eigenvalue weighted by atomic mass is 10.0. The van der Waals surface area contributed by atoms with Crippen LogP contribution >= 0.6 is 0 Å². The molecule has 0 amide bonds. The van der Waals surface area contributed by atoms with Gasteiger partial charge in [0.25, 0.3) is 0 Å². The van der Waals surface area contributed by atoms with Crippen molar-refractivity contribution >= 4 is 5.84 Å². The van der Waals surface area contributed by atoms with Crippen molar-refractivity contribution in [1.82, 2.24) is 4.98 Å². The molecule has 1 fully saturated rings. The zero-order chi connectivity index (χ0) is 12.8. The molecule has 2 heterocycles. The third kappa shape index (κ3) is 3.10. The first-order chi connectivity index (χ1) is 8.81. The van der Waals surface area contributed by atoms with Crippen LogP contribution in [0.3, 0.4) is 0 Å². The standard InChI is InChI=1S/C12H17N3O3/c13-12(15-16)10-1-4-14-7-11(10)18-8-9-2-5-17-6-3-9/h1,4,7,9,16H,2-3,5-6,8H2,(H2,13,15). The van der Waals surface area contributed by atoms with Crippen molar-refractivity contribution < 1.29 is 14.7 Å². The first-order valence-corrected chi connectivity index (χ1v) is 5.93. The van der Waals surface area contributed by atoms with E-state index in [0.29, 0.717) is 23.8 Å². The largest absolute Gasteiger partial charge is 0.491 e. The molecule has 1 aliphatic rings. The van der Waals surface area contributed by atoms with E-state index < -0.39 is 0 Å². The average molecular weight is 251 g/mol. The highest BCUT2D eigenvalue weighted by Crippen LogP contribution is 2.20. The predicted molar refractivity (Wildman–Crippen MR) is 65.8 cm³/mol. The second kappa shape index (κ2) is 6.20. The summed E-state index contributed by atoms with van der Waals surface area (Å²) in [5, 5.41) is 11.7. The fraction of sp³-hybridized carbons (Fsp3) is 0.500. The number of ether oxygens (including phenoxy) is 2. The number of rotatable bonds is 4. The summed E-state index contributed by atoms with van der Waals surface area (Å²) in [5.74, 6) is 1.05. The minimum Gasteiger partial charge on any atom is -0.491 e. The zero-order valence-electron chi connectivity index (χ0n) is 10.1. The minimum absolute atomic E-state index is 0.0272. The fourth-order valence-corrected chi connectivity index (χ4v) is 1.88. The van der Waals surface area contributed by atoms with Gasteiger partial charge in [0.05, 0.1) is 18.4 Å². The molecule has 6 heteroatoms. The predicted octanol–water partition coefficient (Wildman–Crippen LogP) is 0.981. The van der Waals surface area contributed by atoms with Crippen molar-refractivity contribution in [3.05, 3.63) is 24.0 Å². The van der Waals surface area contributed by atoms with Gasteiger partial charge in [0, 0.05) is 19.4 Å². The van der Waals surface area contributed by atoms with Gasteiger partial charge in [-0.25, -0.2) is 0 Å². The summed E-state index contributed by atoms with van der Waals surface area (Å²) < 4.78 is 11.0. The molecule has 1 aromatic heterocycles. The van der Waals surface area contributed by atoms with Gasteiger partial charge in [-0.05, 0) is 24.8 Å². The van der Waals surface area contributed by atoms with Gasteiger partial charge in [-0.1, -0.05) is 5.16 Å². The maximum absolute atomic E-state index is 8.70. The van der Waals surface area contributed by atoms with Gasteiger partial charge in [-0.3, -0.25) is 4.98 Å². The Bertz CT molecular complexity index is 417. The SMILES string of the molecule is N/C(=N/O)c1ccncc1OCC1CCOCC1. The molecule has 1 aliphatic heterocycles. The van der Waals surface area contributed by atoms with Crippen molar-refractivity contribution in [1.29, 1.82) is 0 Å². The van der Waals surface area contributed by atoms with Gasteiger partial charge in [0.2, 0.25) is 0 Å². The smallest absolute Gasteiger partial charge is 0.173 e. The summed E-state index contributed by atoms with van der Waals surface area (Å²) in [7, 11) is 0. The van der Waals surface area contributed by atoms with Crippen LogP contribution in [-0.4, -0.2) is 35.8 Å². The molecule has 0 unspecified atom stereocenters. The van der Waals surface area contributed by atoms with E-state index in [9.17, 15) is 0 Å². The third-order valence-corrected chi connectivity index (χ3v) is 2.98. The van der Waals surface area contributed by atoms with E-state index in [4.69, 9.17) is 20.4 Å². The van der Waals surface area contributed by atoms with Crippen molar-refractivity contribution in [2.45, 2.75) is 12.8 Å². The monoisotopic (exact) mass is 251 g/mol. The highest BCUT2D eigenvalue weighted by molar-refractivity contribution is 5.99. The summed E-state index contributed by atoms with van der Waals surface area (Å²) in [6.07, 6.45) is 5.15. The first kappa shape index (κ1) is 12.6. The van der Waals surface area contributed by atoms with Crippen LogP contribution in [0, 0.1) is 5.92 Å². The van der Waals surface area contributed by atoms with Crippen LogP contribution in [0.15, 0.2) is 23.6 Å². The first-order valence-electron chi connectivity index (χ1n) is 5.93. The summed E-state index contributed by atoms with van der Waals surface area (Å²) in [6, 6.07) is 1.66. The lowest BCUT2D eigenvalue weighted by Crippen LogP contribution is -2.22. The number of hydrogen-bond acceptors (Lipinski definition) is 5. The Morgan fingerprint density at radius 3 is 3.06 bits per heavy atom. The number of nitrogens with zero attached hydrogens (tertiary/aromatic N) is 2. The molecule has 3 N–H and O–H groups in total. The molecular formula is C12H17N3O3. The van der Waals surface area contributed by atoms with E-state index in [0.717, 1.165) is 26.1 Å². The molecule has 98 valence electrons. The number of pyridine rings is 1. The molecule has 6 nitrogen and oxygen atoms in total. The van der Waals surface area contributed by atoms with Gasteiger partial charge < -0.3 is 20.4 Å². The second-order valence-electron chi connectivity index (χ2n) is 4.22. The fourth-order valence-electron chi connectivity index (χ4n) is 1.88. The van der Waals surface area contributed by atoms with Crippen molar-refractivity contribution in [3.63, 3.8) is 0 Å². The Labute approximate surface area is 105 Å². The number of oxime groups is 1. The Hall–Kier alpha value is -1.82. The third-order valence-electron chi connectivity index (χ3n) is 2.98.